The molecule has 1 N–H and O–H groups in total. The lowest BCUT2D eigenvalue weighted by molar-refractivity contribution is -0.141. The fourth-order valence-corrected chi connectivity index (χ4v) is 3.44. The van der Waals surface area contributed by atoms with E-state index >= 15 is 0 Å². The minimum atomic E-state index is -4.75. The minimum Gasteiger partial charge on any atom is -0.322 e. The first-order chi connectivity index (χ1) is 16.6. The van der Waals surface area contributed by atoms with Gasteiger partial charge in [-0.1, -0.05) is 18.2 Å². The van der Waals surface area contributed by atoms with Gasteiger partial charge >= 0.3 is 11.9 Å². The van der Waals surface area contributed by atoms with Crippen LogP contribution in [0, 0.1) is 0 Å². The first kappa shape index (κ1) is 23.6. The molecule has 8 nitrogen and oxygen atoms in total. The number of aryl methyl sites for hydroxylation is 1. The van der Waals surface area contributed by atoms with Gasteiger partial charge in [-0.25, -0.2) is 9.78 Å². The van der Waals surface area contributed by atoms with Gasteiger partial charge in [-0.3, -0.25) is 23.5 Å². The normalized spacial score (nSPS) is 11.4. The largest absolute Gasteiger partial charge is 0.433 e. The van der Waals surface area contributed by atoms with Crippen molar-refractivity contribution in [3.8, 4) is 0 Å². The van der Waals surface area contributed by atoms with Crippen molar-refractivity contribution in [3.05, 3.63) is 104 Å². The predicted molar refractivity (Wildman–Crippen MR) is 121 cm³/mol. The number of carbonyl (C=O) groups is 2. The number of alkyl halides is 3. The summed E-state index contributed by atoms with van der Waals surface area (Å²) >= 11 is 0. The Kier molecular flexibility index (Phi) is 6.08. The molecule has 0 aliphatic carbocycles. The van der Waals surface area contributed by atoms with Gasteiger partial charge in [0, 0.05) is 23.9 Å². The van der Waals surface area contributed by atoms with Gasteiger partial charge in [0.15, 0.2) is 5.78 Å². The Morgan fingerprint density at radius 3 is 2.20 bits per heavy atom. The maximum atomic E-state index is 13.0. The highest BCUT2D eigenvalue weighted by Gasteiger charge is 2.33. The van der Waals surface area contributed by atoms with Crippen molar-refractivity contribution in [3.63, 3.8) is 0 Å². The maximum Gasteiger partial charge on any atom is 0.433 e. The van der Waals surface area contributed by atoms with E-state index in [-0.39, 0.29) is 16.9 Å². The lowest BCUT2D eigenvalue weighted by Gasteiger charge is -2.12. The molecule has 4 rings (SSSR count). The third-order valence-corrected chi connectivity index (χ3v) is 5.28. The molecule has 2 aromatic carbocycles. The zero-order valence-corrected chi connectivity index (χ0v) is 18.2. The van der Waals surface area contributed by atoms with Crippen molar-refractivity contribution < 1.29 is 22.8 Å². The summed E-state index contributed by atoms with van der Waals surface area (Å²) in [7, 11) is 1.17. The van der Waals surface area contributed by atoms with Crippen LogP contribution in [0.2, 0.25) is 0 Å². The molecule has 11 heteroatoms. The highest BCUT2D eigenvalue weighted by atomic mass is 19.4. The minimum absolute atomic E-state index is 0.169. The number of nitrogens with one attached hydrogen (secondary N) is 1. The molecule has 0 radical (unpaired) electrons. The van der Waals surface area contributed by atoms with Crippen LogP contribution < -0.4 is 16.6 Å². The predicted octanol–water partition coefficient (Wildman–Crippen LogP) is 3.25. The van der Waals surface area contributed by atoms with Gasteiger partial charge in [0.25, 0.3) is 11.5 Å². The van der Waals surface area contributed by atoms with Gasteiger partial charge in [0.1, 0.15) is 11.3 Å². The Bertz CT molecular complexity index is 1560. The van der Waals surface area contributed by atoms with Crippen molar-refractivity contribution in [1.29, 1.82) is 0 Å². The smallest absolute Gasteiger partial charge is 0.322 e. The van der Waals surface area contributed by atoms with Crippen molar-refractivity contribution in [1.82, 2.24) is 14.1 Å². The summed E-state index contributed by atoms with van der Waals surface area (Å²) in [5.41, 5.74) is -2.53. The summed E-state index contributed by atoms with van der Waals surface area (Å²) in [5.74, 6) is -0.914. The van der Waals surface area contributed by atoms with Crippen molar-refractivity contribution in [2.24, 2.45) is 7.05 Å². The second kappa shape index (κ2) is 9.01. The van der Waals surface area contributed by atoms with Gasteiger partial charge in [0.2, 0.25) is 0 Å². The number of halogens is 3. The highest BCUT2D eigenvalue weighted by Crippen LogP contribution is 2.28. The Morgan fingerprint density at radius 2 is 1.57 bits per heavy atom. The van der Waals surface area contributed by atoms with Crippen LogP contribution in [0.25, 0.3) is 11.0 Å². The van der Waals surface area contributed by atoms with Crippen molar-refractivity contribution in [2.45, 2.75) is 12.7 Å². The molecule has 2 aromatic heterocycles. The summed E-state index contributed by atoms with van der Waals surface area (Å²) in [6.07, 6.45) is -4.75. The zero-order chi connectivity index (χ0) is 25.3. The fraction of sp³-hybridized carbons (Fsp3) is 0.125. The van der Waals surface area contributed by atoms with E-state index in [1.165, 1.54) is 31.3 Å². The number of rotatable bonds is 5. The molecule has 0 aliphatic rings. The van der Waals surface area contributed by atoms with Gasteiger partial charge in [0.05, 0.1) is 11.9 Å². The second-order valence-electron chi connectivity index (χ2n) is 7.62. The van der Waals surface area contributed by atoms with E-state index < -0.39 is 41.1 Å². The standard InChI is InChI=1S/C24H17F3N4O4/c1-30-20-17(11-12-19(29-20)24(25,26)27)22(34)31(23(30)35)13-18(32)14-7-9-16(10-8-14)28-21(33)15-5-3-2-4-6-15/h2-12H,13H2,1H3,(H,28,33). The number of amides is 1. The molecular weight excluding hydrogens is 465 g/mol. The van der Waals surface area contributed by atoms with Crippen LogP contribution in [0.15, 0.2) is 76.3 Å². The molecule has 4 aromatic rings. The van der Waals surface area contributed by atoms with Crippen LogP contribution in [-0.2, 0) is 19.8 Å². The number of ketones is 1. The second-order valence-corrected chi connectivity index (χ2v) is 7.62. The van der Waals surface area contributed by atoms with Crippen LogP contribution in [0.1, 0.15) is 26.4 Å². The molecular formula is C24H17F3N4O4. The molecule has 178 valence electrons. The average molecular weight is 482 g/mol. The molecule has 1 amide bonds. The summed E-state index contributed by atoms with van der Waals surface area (Å²) in [5, 5.41) is 2.46. The van der Waals surface area contributed by atoms with E-state index in [4.69, 9.17) is 0 Å². The zero-order valence-electron chi connectivity index (χ0n) is 18.2. The lowest BCUT2D eigenvalue weighted by Crippen LogP contribution is -2.41. The SMILES string of the molecule is Cn1c(=O)n(CC(=O)c2ccc(NC(=O)c3ccccc3)cc2)c(=O)c2ccc(C(F)(F)F)nc21. The number of nitrogens with zero attached hydrogens (tertiary/aromatic N) is 3. The van der Waals surface area contributed by atoms with E-state index in [2.05, 4.69) is 10.3 Å². The number of Topliss-reactive ketones (excluding diaryl/α,β-unsaturated/α-hetero) is 1. The molecule has 0 aliphatic heterocycles. The Morgan fingerprint density at radius 1 is 0.914 bits per heavy atom. The van der Waals surface area contributed by atoms with Gasteiger partial charge in [-0.2, -0.15) is 13.2 Å². The first-order valence-electron chi connectivity index (χ1n) is 10.2. The van der Waals surface area contributed by atoms with Crippen LogP contribution in [0.5, 0.6) is 0 Å². The van der Waals surface area contributed by atoms with E-state index in [9.17, 15) is 32.3 Å². The molecule has 35 heavy (non-hydrogen) atoms. The molecule has 0 unspecified atom stereocenters. The number of carbonyl (C=O) groups excluding carboxylic acids is 2. The van der Waals surface area contributed by atoms with E-state index in [0.29, 0.717) is 21.9 Å². The van der Waals surface area contributed by atoms with Gasteiger partial charge < -0.3 is 5.32 Å². The number of benzene rings is 2. The van der Waals surface area contributed by atoms with Crippen LogP contribution in [0.3, 0.4) is 0 Å². The summed E-state index contributed by atoms with van der Waals surface area (Å²) in [6.45, 7) is -0.627. The Hall–Kier alpha value is -4.54. The molecule has 0 fully saturated rings. The monoisotopic (exact) mass is 482 g/mol. The van der Waals surface area contributed by atoms with Crippen LogP contribution >= 0.6 is 0 Å². The number of fused-ring (bicyclic) bond motifs is 1. The highest BCUT2D eigenvalue weighted by molar-refractivity contribution is 6.04. The number of anilines is 1. The van der Waals surface area contributed by atoms with Gasteiger partial charge in [-0.15, -0.1) is 0 Å². The molecule has 2 heterocycles. The maximum absolute atomic E-state index is 13.0. The van der Waals surface area contributed by atoms with E-state index in [1.807, 2.05) is 0 Å². The van der Waals surface area contributed by atoms with Crippen LogP contribution in [-0.4, -0.2) is 25.8 Å². The van der Waals surface area contributed by atoms with Crippen molar-refractivity contribution >= 4 is 28.4 Å². The Labute approximate surface area is 195 Å². The van der Waals surface area contributed by atoms with E-state index in [0.717, 1.165) is 10.6 Å². The molecule has 0 bridgehead atoms. The number of hydrogen-bond acceptors (Lipinski definition) is 5. The number of pyridine rings is 1. The average Bonchev–Trinajstić information content (AvgIpc) is 2.85. The summed E-state index contributed by atoms with van der Waals surface area (Å²) in [6, 6.07) is 15.9. The third-order valence-electron chi connectivity index (χ3n) is 5.28. The number of aromatic nitrogens is 3. The Balaban J connectivity index is 1.58. The topological polar surface area (TPSA) is 103 Å². The summed E-state index contributed by atoms with van der Waals surface area (Å²) < 4.78 is 40.4. The lowest BCUT2D eigenvalue weighted by atomic mass is 10.1. The molecule has 0 saturated carbocycles. The van der Waals surface area contributed by atoms with E-state index in [1.54, 1.807) is 30.3 Å². The van der Waals surface area contributed by atoms with Crippen LogP contribution in [0.4, 0.5) is 18.9 Å². The third kappa shape index (κ3) is 4.74. The molecule has 0 saturated heterocycles. The van der Waals surface area contributed by atoms with Gasteiger partial charge in [-0.05, 0) is 48.5 Å². The summed E-state index contributed by atoms with van der Waals surface area (Å²) in [4.78, 5) is 53.8. The molecule has 0 atom stereocenters. The first-order valence-corrected chi connectivity index (χ1v) is 10.2. The number of hydrogen-bond donors (Lipinski definition) is 1. The molecule has 0 spiro atoms. The van der Waals surface area contributed by atoms with Crippen molar-refractivity contribution in [2.75, 3.05) is 5.32 Å². The fourth-order valence-electron chi connectivity index (χ4n) is 3.44. The quantitative estimate of drug-likeness (QED) is 0.440.